The van der Waals surface area contributed by atoms with Crippen molar-refractivity contribution in [1.82, 2.24) is 15.5 Å². The van der Waals surface area contributed by atoms with Crippen molar-refractivity contribution in [3.8, 4) is 11.5 Å². The van der Waals surface area contributed by atoms with Crippen LogP contribution >= 0.6 is 0 Å². The highest BCUT2D eigenvalue weighted by molar-refractivity contribution is 5.90. The topological polar surface area (TPSA) is 88.3 Å². The van der Waals surface area contributed by atoms with Gasteiger partial charge in [0.2, 0.25) is 0 Å². The number of hydrogen-bond donors (Lipinski definition) is 3. The first kappa shape index (κ1) is 18.6. The van der Waals surface area contributed by atoms with Crippen LogP contribution in [-0.4, -0.2) is 29.4 Å². The van der Waals surface area contributed by atoms with Gasteiger partial charge >= 0.3 is 6.03 Å². The van der Waals surface area contributed by atoms with E-state index in [0.29, 0.717) is 17.2 Å². The van der Waals surface area contributed by atoms with Crippen LogP contribution in [0.15, 0.2) is 18.2 Å². The zero-order valence-electron chi connectivity index (χ0n) is 15.6. The van der Waals surface area contributed by atoms with Crippen molar-refractivity contribution in [3.05, 3.63) is 35.2 Å². The van der Waals surface area contributed by atoms with Gasteiger partial charge in [0.25, 0.3) is 0 Å². The van der Waals surface area contributed by atoms with Gasteiger partial charge < -0.3 is 20.1 Å². The maximum atomic E-state index is 12.2. The molecule has 0 aliphatic carbocycles. The Morgan fingerprint density at radius 1 is 1.20 bits per heavy atom. The number of carbonyl (C=O) groups excluding carboxylic acids is 1. The highest BCUT2D eigenvalue weighted by atomic mass is 16.5. The molecule has 0 fully saturated rings. The predicted octanol–water partition coefficient (Wildman–Crippen LogP) is 3.71. The Morgan fingerprint density at radius 2 is 1.92 bits per heavy atom. The molecule has 0 unspecified atom stereocenters. The summed E-state index contributed by atoms with van der Waals surface area (Å²) in [6, 6.07) is 5.15. The van der Waals surface area contributed by atoms with E-state index in [1.54, 1.807) is 7.11 Å². The fourth-order valence-corrected chi connectivity index (χ4v) is 2.47. The van der Waals surface area contributed by atoms with Gasteiger partial charge in [0.1, 0.15) is 0 Å². The molecule has 7 nitrogen and oxygen atoms in total. The Labute approximate surface area is 148 Å². The molecule has 1 heterocycles. The second kappa shape index (κ2) is 7.92. The Balaban J connectivity index is 2.07. The summed E-state index contributed by atoms with van der Waals surface area (Å²) in [4.78, 5) is 12.2. The number of urea groups is 1. The van der Waals surface area contributed by atoms with Crippen molar-refractivity contribution in [3.63, 3.8) is 0 Å². The van der Waals surface area contributed by atoms with Gasteiger partial charge in [0.15, 0.2) is 11.5 Å². The molecule has 1 aromatic heterocycles. The third-order valence-electron chi connectivity index (χ3n) is 3.76. The molecule has 7 heteroatoms. The van der Waals surface area contributed by atoms with E-state index >= 15 is 0 Å². The average Bonchev–Trinajstić information content (AvgIpc) is 2.86. The Hall–Kier alpha value is -2.70. The van der Waals surface area contributed by atoms with E-state index in [9.17, 15) is 4.79 Å². The second-order valence-electron chi connectivity index (χ2n) is 6.21. The number of methoxy groups -OCH3 is 1. The summed E-state index contributed by atoms with van der Waals surface area (Å²) in [6.07, 6.45) is 0.0579. The quantitative estimate of drug-likeness (QED) is 0.744. The van der Waals surface area contributed by atoms with E-state index in [4.69, 9.17) is 9.47 Å². The van der Waals surface area contributed by atoms with Crippen LogP contribution in [0.3, 0.4) is 0 Å². The average molecular weight is 346 g/mol. The molecule has 0 aliphatic heterocycles. The summed E-state index contributed by atoms with van der Waals surface area (Å²) in [7, 11) is 1.60. The first-order chi connectivity index (χ1) is 11.8. The van der Waals surface area contributed by atoms with Crippen LogP contribution in [0.25, 0.3) is 0 Å². The first-order valence-electron chi connectivity index (χ1n) is 8.25. The summed E-state index contributed by atoms with van der Waals surface area (Å²) in [5.41, 5.74) is 3.18. The molecule has 2 amide bonds. The molecule has 2 aromatic rings. The maximum Gasteiger partial charge on any atom is 0.319 e. The normalized spacial score (nSPS) is 12.0. The van der Waals surface area contributed by atoms with Gasteiger partial charge in [0, 0.05) is 0 Å². The second-order valence-corrected chi connectivity index (χ2v) is 6.21. The SMILES string of the molecule is COc1cc([C@@H](C)NC(=O)Nc2c(C)n[nH]c2C)ccc1OC(C)C. The summed E-state index contributed by atoms with van der Waals surface area (Å²) >= 11 is 0. The summed E-state index contributed by atoms with van der Waals surface area (Å²) in [6.45, 7) is 9.52. The van der Waals surface area contributed by atoms with Crippen LogP contribution in [0, 0.1) is 13.8 Å². The molecule has 1 atom stereocenters. The number of nitrogens with one attached hydrogen (secondary N) is 3. The van der Waals surface area contributed by atoms with E-state index in [0.717, 1.165) is 17.0 Å². The van der Waals surface area contributed by atoms with Crippen molar-refractivity contribution in [2.24, 2.45) is 0 Å². The molecule has 0 spiro atoms. The number of hydrogen-bond acceptors (Lipinski definition) is 4. The minimum Gasteiger partial charge on any atom is -0.493 e. The molecule has 25 heavy (non-hydrogen) atoms. The predicted molar refractivity (Wildman–Crippen MR) is 97.4 cm³/mol. The highest BCUT2D eigenvalue weighted by Gasteiger charge is 2.15. The lowest BCUT2D eigenvalue weighted by atomic mass is 10.1. The third-order valence-corrected chi connectivity index (χ3v) is 3.76. The number of amides is 2. The number of benzene rings is 1. The van der Waals surface area contributed by atoms with E-state index in [1.807, 2.05) is 52.8 Å². The lowest BCUT2D eigenvalue weighted by Gasteiger charge is -2.18. The zero-order valence-corrected chi connectivity index (χ0v) is 15.6. The van der Waals surface area contributed by atoms with Crippen LogP contribution in [0.5, 0.6) is 11.5 Å². The lowest BCUT2D eigenvalue weighted by molar-refractivity contribution is 0.230. The Kier molecular flexibility index (Phi) is 5.90. The van der Waals surface area contributed by atoms with Crippen molar-refractivity contribution in [2.45, 2.75) is 46.8 Å². The monoisotopic (exact) mass is 346 g/mol. The molecule has 0 bridgehead atoms. The van der Waals surface area contributed by atoms with Gasteiger partial charge in [-0.15, -0.1) is 0 Å². The molecule has 0 saturated heterocycles. The van der Waals surface area contributed by atoms with Gasteiger partial charge in [-0.2, -0.15) is 5.10 Å². The maximum absolute atomic E-state index is 12.2. The Morgan fingerprint density at radius 3 is 2.48 bits per heavy atom. The number of aromatic amines is 1. The van der Waals surface area contributed by atoms with E-state index < -0.39 is 0 Å². The number of carbonyl (C=O) groups is 1. The van der Waals surface area contributed by atoms with Crippen LogP contribution in [0.4, 0.5) is 10.5 Å². The van der Waals surface area contributed by atoms with E-state index in [2.05, 4.69) is 20.8 Å². The number of nitrogens with zero attached hydrogens (tertiary/aromatic N) is 1. The molecule has 0 radical (unpaired) electrons. The van der Waals surface area contributed by atoms with Crippen molar-refractivity contribution < 1.29 is 14.3 Å². The number of H-pyrrole nitrogens is 1. The zero-order chi connectivity index (χ0) is 18.6. The molecule has 1 aromatic carbocycles. The summed E-state index contributed by atoms with van der Waals surface area (Å²) in [5, 5.41) is 12.6. The molecular weight excluding hydrogens is 320 g/mol. The van der Waals surface area contributed by atoms with Crippen molar-refractivity contribution >= 4 is 11.7 Å². The first-order valence-corrected chi connectivity index (χ1v) is 8.25. The number of rotatable bonds is 6. The third kappa shape index (κ3) is 4.65. The molecular formula is C18H26N4O3. The van der Waals surface area contributed by atoms with Gasteiger partial charge in [-0.05, 0) is 52.3 Å². The Bertz CT molecular complexity index is 720. The smallest absolute Gasteiger partial charge is 0.319 e. The van der Waals surface area contributed by atoms with E-state index in [-0.39, 0.29) is 18.2 Å². The molecule has 2 rings (SSSR count). The van der Waals surface area contributed by atoms with Crippen molar-refractivity contribution in [2.75, 3.05) is 12.4 Å². The highest BCUT2D eigenvalue weighted by Crippen LogP contribution is 2.31. The largest absolute Gasteiger partial charge is 0.493 e. The lowest BCUT2D eigenvalue weighted by Crippen LogP contribution is -2.31. The van der Waals surface area contributed by atoms with Crippen LogP contribution in [0.1, 0.15) is 43.8 Å². The summed E-state index contributed by atoms with van der Waals surface area (Å²) < 4.78 is 11.1. The number of ether oxygens (including phenoxy) is 2. The van der Waals surface area contributed by atoms with E-state index in [1.165, 1.54) is 0 Å². The van der Waals surface area contributed by atoms with Crippen LogP contribution in [-0.2, 0) is 0 Å². The summed E-state index contributed by atoms with van der Waals surface area (Å²) in [5.74, 6) is 1.32. The fraction of sp³-hybridized carbons (Fsp3) is 0.444. The van der Waals surface area contributed by atoms with Crippen molar-refractivity contribution in [1.29, 1.82) is 0 Å². The fourth-order valence-electron chi connectivity index (χ4n) is 2.47. The molecule has 3 N–H and O–H groups in total. The molecule has 0 saturated carbocycles. The van der Waals surface area contributed by atoms with Gasteiger partial charge in [0.05, 0.1) is 36.3 Å². The standard InChI is InChI=1S/C18H26N4O3/c1-10(2)25-15-8-7-14(9-16(15)24-6)11(3)19-18(23)20-17-12(4)21-22-13(17)5/h7-11H,1-6H3,(H,21,22)(H2,19,20,23)/t11-/m1/s1. The molecule has 136 valence electrons. The minimum absolute atomic E-state index is 0.0579. The van der Waals surface area contributed by atoms with Gasteiger partial charge in [-0.25, -0.2) is 4.79 Å². The van der Waals surface area contributed by atoms with Gasteiger partial charge in [-0.1, -0.05) is 6.07 Å². The number of aryl methyl sites for hydroxylation is 2. The molecule has 0 aliphatic rings. The number of aromatic nitrogens is 2. The van der Waals surface area contributed by atoms with Crippen LogP contribution in [0.2, 0.25) is 0 Å². The van der Waals surface area contributed by atoms with Gasteiger partial charge in [-0.3, -0.25) is 5.10 Å². The van der Waals surface area contributed by atoms with Crippen LogP contribution < -0.4 is 20.1 Å². The number of anilines is 1. The minimum atomic E-state index is -0.290.